The molecule has 0 radical (unpaired) electrons. The van der Waals surface area contributed by atoms with Crippen molar-refractivity contribution in [2.45, 2.75) is 40.9 Å². The van der Waals surface area contributed by atoms with Gasteiger partial charge in [-0.2, -0.15) is 0 Å². The lowest BCUT2D eigenvalue weighted by atomic mass is 9.87. The van der Waals surface area contributed by atoms with Crippen LogP contribution in [-0.4, -0.2) is 10.2 Å². The molecule has 3 aromatic rings. The summed E-state index contributed by atoms with van der Waals surface area (Å²) < 4.78 is 0. The molecule has 0 atom stereocenters. The molecule has 0 aliphatic carbocycles. The molecular weight excluding hydrogens is 320 g/mol. The molecule has 3 aromatic carbocycles. The quantitative estimate of drug-likeness (QED) is 0.678. The predicted octanol–water partition coefficient (Wildman–Crippen LogP) is 5.24. The number of aliphatic hydroxyl groups is 2. The van der Waals surface area contributed by atoms with Gasteiger partial charge >= 0.3 is 0 Å². The van der Waals surface area contributed by atoms with E-state index >= 15 is 0 Å². The van der Waals surface area contributed by atoms with Gasteiger partial charge in [-0.15, -0.1) is 0 Å². The van der Waals surface area contributed by atoms with Gasteiger partial charge in [0.05, 0.1) is 13.2 Å². The molecule has 0 fully saturated rings. The van der Waals surface area contributed by atoms with Crippen LogP contribution in [0.25, 0.3) is 22.3 Å². The number of hydrogen-bond donors (Lipinski definition) is 2. The summed E-state index contributed by atoms with van der Waals surface area (Å²) in [5, 5.41) is 20.1. The van der Waals surface area contributed by atoms with Crippen LogP contribution in [0.4, 0.5) is 0 Å². The maximum absolute atomic E-state index is 10.0. The van der Waals surface area contributed by atoms with E-state index in [-0.39, 0.29) is 13.2 Å². The molecule has 0 unspecified atom stereocenters. The Kier molecular flexibility index (Phi) is 5.26. The van der Waals surface area contributed by atoms with Crippen molar-refractivity contribution in [1.82, 2.24) is 0 Å². The number of benzene rings is 3. The van der Waals surface area contributed by atoms with Gasteiger partial charge in [-0.25, -0.2) is 0 Å². The SMILES string of the molecule is Cc1ccc(C)c(-c2cc(CO)c(-c3cc(C)ccc3C)cc2CO)c1. The molecule has 0 bridgehead atoms. The molecule has 0 amide bonds. The maximum Gasteiger partial charge on any atom is 0.0688 e. The normalized spacial score (nSPS) is 11.0. The van der Waals surface area contributed by atoms with E-state index in [9.17, 15) is 10.2 Å². The summed E-state index contributed by atoms with van der Waals surface area (Å²) in [5.41, 5.74) is 10.6. The monoisotopic (exact) mass is 346 g/mol. The maximum atomic E-state index is 10.0. The number of rotatable bonds is 4. The van der Waals surface area contributed by atoms with E-state index in [1.54, 1.807) is 0 Å². The zero-order valence-electron chi connectivity index (χ0n) is 15.9. The van der Waals surface area contributed by atoms with Crippen molar-refractivity contribution in [3.05, 3.63) is 81.9 Å². The number of aliphatic hydroxyl groups excluding tert-OH is 2. The largest absolute Gasteiger partial charge is 0.392 e. The summed E-state index contributed by atoms with van der Waals surface area (Å²) in [4.78, 5) is 0. The number of hydrogen-bond acceptors (Lipinski definition) is 2. The Balaban J connectivity index is 2.27. The third-order valence-corrected chi connectivity index (χ3v) is 5.04. The molecule has 0 aliphatic heterocycles. The fourth-order valence-corrected chi connectivity index (χ4v) is 3.50. The van der Waals surface area contributed by atoms with Crippen LogP contribution in [0.3, 0.4) is 0 Å². The molecule has 134 valence electrons. The van der Waals surface area contributed by atoms with E-state index in [2.05, 4.69) is 64.1 Å². The highest BCUT2D eigenvalue weighted by Crippen LogP contribution is 2.36. The minimum absolute atomic E-state index is 0.0354. The summed E-state index contributed by atoms with van der Waals surface area (Å²) in [6.07, 6.45) is 0. The zero-order chi connectivity index (χ0) is 18.8. The van der Waals surface area contributed by atoms with E-state index < -0.39 is 0 Å². The van der Waals surface area contributed by atoms with E-state index in [1.165, 1.54) is 11.1 Å². The lowest BCUT2D eigenvalue weighted by Crippen LogP contribution is -1.99. The number of aryl methyl sites for hydroxylation is 4. The van der Waals surface area contributed by atoms with E-state index in [4.69, 9.17) is 0 Å². The highest BCUT2D eigenvalue weighted by molar-refractivity contribution is 5.79. The van der Waals surface area contributed by atoms with Crippen molar-refractivity contribution in [1.29, 1.82) is 0 Å². The van der Waals surface area contributed by atoms with Crippen molar-refractivity contribution in [2.75, 3.05) is 0 Å². The molecule has 2 nitrogen and oxygen atoms in total. The second kappa shape index (κ2) is 7.45. The van der Waals surface area contributed by atoms with E-state index in [0.29, 0.717) is 0 Å². The third kappa shape index (κ3) is 3.44. The molecule has 0 heterocycles. The van der Waals surface area contributed by atoms with Crippen LogP contribution < -0.4 is 0 Å². The first kappa shape index (κ1) is 18.4. The Labute approximate surface area is 155 Å². The van der Waals surface area contributed by atoms with Gasteiger partial charge in [-0.1, -0.05) is 47.5 Å². The first-order valence-corrected chi connectivity index (χ1v) is 8.97. The molecule has 2 N–H and O–H groups in total. The molecular formula is C24H26O2. The first-order valence-electron chi connectivity index (χ1n) is 8.97. The van der Waals surface area contributed by atoms with Crippen LogP contribution in [-0.2, 0) is 13.2 Å². The molecule has 0 spiro atoms. The summed E-state index contributed by atoms with van der Waals surface area (Å²) in [6, 6.07) is 16.7. The summed E-state index contributed by atoms with van der Waals surface area (Å²) in [5.74, 6) is 0. The second-order valence-corrected chi connectivity index (χ2v) is 7.12. The molecule has 2 heteroatoms. The Morgan fingerprint density at radius 1 is 0.538 bits per heavy atom. The average Bonchev–Trinajstić information content (AvgIpc) is 2.64. The van der Waals surface area contributed by atoms with Crippen molar-refractivity contribution in [3.63, 3.8) is 0 Å². The Hall–Kier alpha value is -2.42. The van der Waals surface area contributed by atoms with Gasteiger partial charge in [0.1, 0.15) is 0 Å². The minimum Gasteiger partial charge on any atom is -0.392 e. The average molecular weight is 346 g/mol. The molecule has 0 aromatic heterocycles. The van der Waals surface area contributed by atoms with Crippen molar-refractivity contribution in [2.24, 2.45) is 0 Å². The molecule has 3 rings (SSSR count). The Morgan fingerprint density at radius 3 is 1.27 bits per heavy atom. The van der Waals surface area contributed by atoms with Crippen LogP contribution in [0, 0.1) is 27.7 Å². The molecule has 0 saturated carbocycles. The highest BCUT2D eigenvalue weighted by Gasteiger charge is 2.15. The highest BCUT2D eigenvalue weighted by atomic mass is 16.3. The standard InChI is InChI=1S/C24H26O2/c1-15-5-7-17(3)21(9-15)23-11-20(14-26)24(12-19(23)13-25)22-10-16(2)6-8-18(22)4/h5-12,25-26H,13-14H2,1-4H3. The second-order valence-electron chi connectivity index (χ2n) is 7.12. The van der Waals surface area contributed by atoms with Gasteiger partial charge in [0.25, 0.3) is 0 Å². The molecule has 0 saturated heterocycles. The van der Waals surface area contributed by atoms with Crippen LogP contribution in [0.2, 0.25) is 0 Å². The van der Waals surface area contributed by atoms with Crippen LogP contribution >= 0.6 is 0 Å². The van der Waals surface area contributed by atoms with Crippen LogP contribution in [0.15, 0.2) is 48.5 Å². The zero-order valence-corrected chi connectivity index (χ0v) is 15.9. The van der Waals surface area contributed by atoms with Crippen LogP contribution in [0.5, 0.6) is 0 Å². The molecule has 26 heavy (non-hydrogen) atoms. The first-order chi connectivity index (χ1) is 12.4. The Morgan fingerprint density at radius 2 is 0.923 bits per heavy atom. The van der Waals surface area contributed by atoms with Gasteiger partial charge in [0.2, 0.25) is 0 Å². The van der Waals surface area contributed by atoms with E-state index in [0.717, 1.165) is 44.5 Å². The third-order valence-electron chi connectivity index (χ3n) is 5.04. The van der Waals surface area contributed by atoms with Gasteiger partial charge < -0.3 is 10.2 Å². The van der Waals surface area contributed by atoms with Crippen LogP contribution in [0.1, 0.15) is 33.4 Å². The lowest BCUT2D eigenvalue weighted by Gasteiger charge is -2.18. The van der Waals surface area contributed by atoms with Crippen molar-refractivity contribution in [3.8, 4) is 22.3 Å². The Bertz CT molecular complexity index is 875. The van der Waals surface area contributed by atoms with Gasteiger partial charge in [0.15, 0.2) is 0 Å². The topological polar surface area (TPSA) is 40.5 Å². The summed E-state index contributed by atoms with van der Waals surface area (Å²) in [7, 11) is 0. The van der Waals surface area contributed by atoms with Crippen molar-refractivity contribution < 1.29 is 10.2 Å². The fraction of sp³-hybridized carbons (Fsp3) is 0.250. The van der Waals surface area contributed by atoms with Crippen molar-refractivity contribution >= 4 is 0 Å². The lowest BCUT2D eigenvalue weighted by molar-refractivity contribution is 0.279. The smallest absolute Gasteiger partial charge is 0.0688 e. The minimum atomic E-state index is -0.0354. The molecule has 0 aliphatic rings. The fourth-order valence-electron chi connectivity index (χ4n) is 3.50. The van der Waals surface area contributed by atoms with E-state index in [1.807, 2.05) is 12.1 Å². The predicted molar refractivity (Wildman–Crippen MR) is 108 cm³/mol. The summed E-state index contributed by atoms with van der Waals surface area (Å²) >= 11 is 0. The van der Waals surface area contributed by atoms with Gasteiger partial charge in [-0.3, -0.25) is 0 Å². The summed E-state index contributed by atoms with van der Waals surface area (Å²) in [6.45, 7) is 8.22. The van der Waals surface area contributed by atoms with Gasteiger partial charge in [-0.05, 0) is 84.3 Å². The van der Waals surface area contributed by atoms with Gasteiger partial charge in [0, 0.05) is 0 Å².